The highest BCUT2D eigenvalue weighted by Crippen LogP contribution is 2.39. The second-order valence-corrected chi connectivity index (χ2v) is 9.93. The number of fused-ring (bicyclic) bond motifs is 2. The van der Waals surface area contributed by atoms with Gasteiger partial charge < -0.3 is 35.1 Å². The fourth-order valence-electron chi connectivity index (χ4n) is 4.31. The highest BCUT2D eigenvalue weighted by Gasteiger charge is 2.18. The van der Waals surface area contributed by atoms with Crippen LogP contribution in [0.2, 0.25) is 0 Å². The minimum atomic E-state index is -1.82. The molecule has 212 valence electrons. The lowest BCUT2D eigenvalue weighted by Gasteiger charge is -2.16. The molecule has 0 fully saturated rings. The van der Waals surface area contributed by atoms with E-state index in [1.807, 2.05) is 49.4 Å². The zero-order valence-electron chi connectivity index (χ0n) is 22.1. The van der Waals surface area contributed by atoms with Gasteiger partial charge in [0.25, 0.3) is 0 Å². The smallest absolute Gasteiger partial charge is 0.414 e. The number of anilines is 1. The van der Waals surface area contributed by atoms with E-state index >= 15 is 0 Å². The van der Waals surface area contributed by atoms with Gasteiger partial charge in [-0.05, 0) is 60.5 Å². The van der Waals surface area contributed by atoms with Gasteiger partial charge in [-0.2, -0.15) is 0 Å². The number of aromatic amines is 1. The molecule has 0 saturated heterocycles. The average molecular weight is 578 g/mol. The number of thiophene rings is 1. The molecule has 0 aliphatic heterocycles. The van der Waals surface area contributed by atoms with Crippen LogP contribution >= 0.6 is 11.3 Å². The molecule has 0 aliphatic carbocycles. The molecule has 0 saturated carbocycles. The molecule has 11 nitrogen and oxygen atoms in total. The third-order valence-electron chi connectivity index (χ3n) is 6.17. The van der Waals surface area contributed by atoms with Gasteiger partial charge in [-0.15, -0.1) is 11.3 Å². The predicted molar refractivity (Wildman–Crippen MR) is 155 cm³/mol. The first-order valence-electron chi connectivity index (χ1n) is 12.3. The molecule has 5 aromatic rings. The maximum atomic E-state index is 10.9. The largest absolute Gasteiger partial charge is 0.496 e. The van der Waals surface area contributed by atoms with Crippen LogP contribution < -0.4 is 14.8 Å². The zero-order chi connectivity index (χ0) is 29.5. The predicted octanol–water partition coefficient (Wildman–Crippen LogP) is 4.47. The lowest BCUT2D eigenvalue weighted by Crippen LogP contribution is -2.21. The molecule has 12 heteroatoms. The summed E-state index contributed by atoms with van der Waals surface area (Å²) in [6.45, 7) is 2.08. The van der Waals surface area contributed by atoms with Crippen molar-refractivity contribution in [2.45, 2.75) is 19.4 Å². The Hall–Kier alpha value is -4.94. The lowest BCUT2D eigenvalue weighted by atomic mass is 9.99. The van der Waals surface area contributed by atoms with Crippen LogP contribution in [0.15, 0.2) is 60.8 Å². The number of aryl methyl sites for hydroxylation is 1. The van der Waals surface area contributed by atoms with Gasteiger partial charge in [0.2, 0.25) is 6.41 Å². The minimum absolute atomic E-state index is 0.120. The van der Waals surface area contributed by atoms with Crippen molar-refractivity contribution in [1.82, 2.24) is 9.97 Å². The number of carbonyl (C=O) groups is 3. The van der Waals surface area contributed by atoms with Gasteiger partial charge in [0.15, 0.2) is 0 Å². The number of pyridine rings is 1. The molecule has 0 aliphatic rings. The molecule has 0 bridgehead atoms. The second kappa shape index (κ2) is 12.9. The summed E-state index contributed by atoms with van der Waals surface area (Å²) in [5.41, 5.74) is 3.76. The molecule has 0 radical (unpaired) electrons. The number of hydrogen-bond donors (Lipinski definition) is 5. The number of benzene rings is 2. The van der Waals surface area contributed by atoms with Crippen molar-refractivity contribution in [1.29, 1.82) is 0 Å². The first-order chi connectivity index (χ1) is 19.7. The maximum absolute atomic E-state index is 10.9. The average Bonchev–Trinajstić information content (AvgIpc) is 3.57. The molecule has 0 unspecified atom stereocenters. The van der Waals surface area contributed by atoms with E-state index in [1.54, 1.807) is 24.6 Å². The third-order valence-corrected chi connectivity index (χ3v) is 7.30. The van der Waals surface area contributed by atoms with Crippen LogP contribution in [-0.2, 0) is 20.8 Å². The molecule has 1 amide bonds. The molecule has 5 rings (SSSR count). The summed E-state index contributed by atoms with van der Waals surface area (Å²) < 4.78 is 12.7. The zero-order valence-corrected chi connectivity index (χ0v) is 22.9. The van der Waals surface area contributed by atoms with Gasteiger partial charge in [-0.25, -0.2) is 9.59 Å². The van der Waals surface area contributed by atoms with E-state index in [-0.39, 0.29) is 6.61 Å². The summed E-state index contributed by atoms with van der Waals surface area (Å²) in [5, 5.41) is 30.2. The van der Waals surface area contributed by atoms with Crippen molar-refractivity contribution in [3.63, 3.8) is 0 Å². The summed E-state index contributed by atoms with van der Waals surface area (Å²) in [4.78, 5) is 37.6. The fraction of sp³-hybridized carbons (Fsp3) is 0.172. The van der Waals surface area contributed by atoms with Gasteiger partial charge in [0.05, 0.1) is 18.7 Å². The quantitative estimate of drug-likeness (QED) is 0.125. The van der Waals surface area contributed by atoms with Gasteiger partial charge in [-0.1, -0.05) is 12.1 Å². The highest BCUT2D eigenvalue weighted by atomic mass is 32.1. The standard InChI is InChI=1S/C27H25N3O4S.C2H2O4/c1-16-19(18(9-10-28-16)26-12-21-23(33-2)6-4-8-25(21)35-26)11-17(32)14-34-24-7-3-5-22-20(24)13-27(30-22)29-15-31;3-1(4)2(5)6/h3-10,12-13,15,17,30,32H,11,14H2,1-2H3,(H,29,31);(H,3,4)(H,5,6)/t17-;/m1./s1. The van der Waals surface area contributed by atoms with Crippen LogP contribution in [-0.4, -0.2) is 63.5 Å². The summed E-state index contributed by atoms with van der Waals surface area (Å²) in [6, 6.07) is 17.6. The van der Waals surface area contributed by atoms with Crippen molar-refractivity contribution in [2.75, 3.05) is 19.0 Å². The Kier molecular flexibility index (Phi) is 9.17. The van der Waals surface area contributed by atoms with Crippen molar-refractivity contribution in [3.8, 4) is 21.9 Å². The van der Waals surface area contributed by atoms with Crippen LogP contribution in [0.5, 0.6) is 11.5 Å². The van der Waals surface area contributed by atoms with Gasteiger partial charge in [-0.3, -0.25) is 9.78 Å². The van der Waals surface area contributed by atoms with Crippen LogP contribution in [0.1, 0.15) is 11.3 Å². The third kappa shape index (κ3) is 6.80. The molecule has 1 atom stereocenters. The van der Waals surface area contributed by atoms with E-state index in [4.69, 9.17) is 29.3 Å². The second-order valence-electron chi connectivity index (χ2n) is 8.85. The Morgan fingerprint density at radius 3 is 2.51 bits per heavy atom. The number of carbonyl (C=O) groups excluding carboxylic acids is 1. The molecule has 41 heavy (non-hydrogen) atoms. The first kappa shape index (κ1) is 29.1. The maximum Gasteiger partial charge on any atom is 0.414 e. The Bertz CT molecular complexity index is 1700. The number of methoxy groups -OCH3 is 1. The Morgan fingerprint density at radius 1 is 1.07 bits per heavy atom. The summed E-state index contributed by atoms with van der Waals surface area (Å²) in [6.07, 6.45) is 2.09. The number of aliphatic hydroxyl groups is 1. The molecular weight excluding hydrogens is 550 g/mol. The van der Waals surface area contributed by atoms with Crippen molar-refractivity contribution in [3.05, 3.63) is 72.1 Å². The van der Waals surface area contributed by atoms with E-state index in [0.717, 1.165) is 48.4 Å². The summed E-state index contributed by atoms with van der Waals surface area (Å²) in [7, 11) is 1.68. The van der Waals surface area contributed by atoms with Crippen LogP contribution in [0.4, 0.5) is 5.82 Å². The number of hydrogen-bond acceptors (Lipinski definition) is 8. The topological polar surface area (TPSA) is 171 Å². The van der Waals surface area contributed by atoms with Gasteiger partial charge >= 0.3 is 11.9 Å². The van der Waals surface area contributed by atoms with Crippen LogP contribution in [0.25, 0.3) is 31.4 Å². The molecule has 3 aromatic heterocycles. The van der Waals surface area contributed by atoms with Crippen molar-refractivity contribution < 1.29 is 39.2 Å². The molecule has 5 N–H and O–H groups in total. The molecule has 2 aromatic carbocycles. The fourth-order valence-corrected chi connectivity index (χ4v) is 5.44. The monoisotopic (exact) mass is 577 g/mol. The number of nitrogens with zero attached hydrogens (tertiary/aromatic N) is 1. The number of aliphatic carboxylic acids is 2. The number of nitrogens with one attached hydrogen (secondary N) is 2. The Morgan fingerprint density at radius 2 is 1.80 bits per heavy atom. The molecule has 3 heterocycles. The SMILES string of the molecule is COc1cccc2sc(-c3ccnc(C)c3C[C@@H](O)COc3cccc4[nH]c(NC=O)cc34)cc12.O=C(O)C(=O)O. The summed E-state index contributed by atoms with van der Waals surface area (Å²) >= 11 is 1.69. The van der Waals surface area contributed by atoms with E-state index < -0.39 is 18.0 Å². The van der Waals surface area contributed by atoms with Crippen molar-refractivity contribution in [2.24, 2.45) is 0 Å². The van der Waals surface area contributed by atoms with Gasteiger partial charge in [0.1, 0.15) is 23.9 Å². The Balaban J connectivity index is 0.000000585. The molecule has 0 spiro atoms. The first-order valence-corrected chi connectivity index (χ1v) is 13.1. The number of carboxylic acid groups (broad SMARTS) is 2. The number of aromatic nitrogens is 2. The van der Waals surface area contributed by atoms with E-state index in [1.165, 1.54) is 0 Å². The van der Waals surface area contributed by atoms with Crippen molar-refractivity contribution >= 4 is 56.5 Å². The van der Waals surface area contributed by atoms with Crippen LogP contribution in [0, 0.1) is 6.92 Å². The normalized spacial score (nSPS) is 11.4. The van der Waals surface area contributed by atoms with Crippen LogP contribution in [0.3, 0.4) is 0 Å². The number of H-pyrrole nitrogens is 1. The number of ether oxygens (including phenoxy) is 2. The van der Waals surface area contributed by atoms with E-state index in [2.05, 4.69) is 27.4 Å². The molecular formula is C29H27N3O8S. The Labute approximate surface area is 238 Å². The number of amides is 1. The number of rotatable bonds is 9. The minimum Gasteiger partial charge on any atom is -0.496 e. The number of aliphatic hydroxyl groups excluding tert-OH is 1. The highest BCUT2D eigenvalue weighted by molar-refractivity contribution is 7.22. The van der Waals surface area contributed by atoms with E-state index in [0.29, 0.717) is 24.4 Å². The van der Waals surface area contributed by atoms with Gasteiger partial charge in [0, 0.05) is 38.7 Å². The summed E-state index contributed by atoms with van der Waals surface area (Å²) in [5.74, 6) is -1.58. The number of carboxylic acids is 2. The van der Waals surface area contributed by atoms with E-state index in [9.17, 15) is 9.90 Å². The lowest BCUT2D eigenvalue weighted by molar-refractivity contribution is -0.159.